The summed E-state index contributed by atoms with van der Waals surface area (Å²) in [6, 6.07) is 6.72. The molecular formula is C28H41N3O6. The van der Waals surface area contributed by atoms with Gasteiger partial charge in [0.1, 0.15) is 30.3 Å². The predicted molar refractivity (Wildman–Crippen MR) is 141 cm³/mol. The Kier molecular flexibility index (Phi) is 11.1. The van der Waals surface area contributed by atoms with Crippen LogP contribution in [0.15, 0.2) is 43.0 Å². The Hall–Kier alpha value is -3.36. The molecule has 1 aliphatic rings. The van der Waals surface area contributed by atoms with Crippen molar-refractivity contribution in [1.29, 1.82) is 0 Å². The van der Waals surface area contributed by atoms with Crippen molar-refractivity contribution in [1.82, 2.24) is 15.5 Å². The second-order valence-electron chi connectivity index (χ2n) is 10.4. The van der Waals surface area contributed by atoms with Crippen molar-refractivity contribution in [3.8, 4) is 0 Å². The number of benzene rings is 1. The van der Waals surface area contributed by atoms with Crippen molar-refractivity contribution >= 4 is 23.9 Å². The quantitative estimate of drug-likeness (QED) is 0.345. The highest BCUT2D eigenvalue weighted by atomic mass is 16.6. The van der Waals surface area contributed by atoms with Gasteiger partial charge in [0.15, 0.2) is 0 Å². The summed E-state index contributed by atoms with van der Waals surface area (Å²) in [7, 11) is 0. The van der Waals surface area contributed by atoms with Crippen molar-refractivity contribution < 1.29 is 28.7 Å². The summed E-state index contributed by atoms with van der Waals surface area (Å²) in [5.41, 5.74) is 0.166. The van der Waals surface area contributed by atoms with E-state index in [0.717, 1.165) is 5.56 Å². The third-order valence-electron chi connectivity index (χ3n) is 6.20. The van der Waals surface area contributed by atoms with Crippen molar-refractivity contribution in [2.75, 3.05) is 13.2 Å². The molecule has 9 heteroatoms. The van der Waals surface area contributed by atoms with Crippen LogP contribution in [0.3, 0.4) is 0 Å². The third-order valence-corrected chi connectivity index (χ3v) is 6.20. The smallest absolute Gasteiger partial charge is 0.410 e. The molecule has 3 amide bonds. The lowest BCUT2D eigenvalue weighted by molar-refractivity contribution is -0.147. The fraction of sp³-hybridized carbons (Fsp3) is 0.571. The van der Waals surface area contributed by atoms with E-state index >= 15 is 0 Å². The van der Waals surface area contributed by atoms with Gasteiger partial charge in [-0.2, -0.15) is 0 Å². The van der Waals surface area contributed by atoms with E-state index in [1.165, 1.54) is 11.0 Å². The van der Waals surface area contributed by atoms with Gasteiger partial charge in [-0.1, -0.05) is 63.3 Å². The van der Waals surface area contributed by atoms with Crippen LogP contribution in [0.5, 0.6) is 0 Å². The van der Waals surface area contributed by atoms with E-state index in [1.807, 2.05) is 44.2 Å². The second kappa shape index (κ2) is 13.8. The van der Waals surface area contributed by atoms with Crippen LogP contribution in [0.25, 0.3) is 0 Å². The molecule has 0 radical (unpaired) electrons. The normalized spacial score (nSPS) is 17.8. The zero-order valence-electron chi connectivity index (χ0n) is 22.6. The maximum atomic E-state index is 13.4. The van der Waals surface area contributed by atoms with Crippen molar-refractivity contribution in [3.63, 3.8) is 0 Å². The topological polar surface area (TPSA) is 114 Å². The number of nitrogens with zero attached hydrogens (tertiary/aromatic N) is 1. The molecule has 2 rings (SSSR count). The fourth-order valence-electron chi connectivity index (χ4n) is 4.08. The van der Waals surface area contributed by atoms with E-state index in [0.29, 0.717) is 25.8 Å². The molecule has 0 aliphatic carbocycles. The molecular weight excluding hydrogens is 474 g/mol. The van der Waals surface area contributed by atoms with Crippen LogP contribution in [0.2, 0.25) is 0 Å². The molecule has 1 aliphatic heterocycles. The minimum atomic E-state index is -0.942. The van der Waals surface area contributed by atoms with E-state index in [-0.39, 0.29) is 18.9 Å². The maximum absolute atomic E-state index is 13.4. The first-order chi connectivity index (χ1) is 17.5. The van der Waals surface area contributed by atoms with E-state index in [4.69, 9.17) is 9.47 Å². The van der Waals surface area contributed by atoms with Crippen LogP contribution in [0, 0.1) is 5.92 Å². The van der Waals surface area contributed by atoms with E-state index in [2.05, 4.69) is 17.2 Å². The number of ether oxygens (including phenoxy) is 2. The van der Waals surface area contributed by atoms with Gasteiger partial charge in [-0.15, -0.1) is 0 Å². The predicted octanol–water partition coefficient (Wildman–Crippen LogP) is 3.37. The minimum absolute atomic E-state index is 0.0215. The Labute approximate surface area is 219 Å². The molecule has 204 valence electrons. The Morgan fingerprint density at radius 3 is 2.43 bits per heavy atom. The van der Waals surface area contributed by atoms with Gasteiger partial charge >= 0.3 is 12.1 Å². The zero-order valence-corrected chi connectivity index (χ0v) is 22.6. The molecule has 0 aromatic heterocycles. The highest BCUT2D eigenvalue weighted by molar-refractivity contribution is 5.93. The van der Waals surface area contributed by atoms with E-state index in [1.54, 1.807) is 20.8 Å². The third kappa shape index (κ3) is 9.22. The number of rotatable bonds is 11. The first kappa shape index (κ1) is 29.9. The molecule has 1 saturated heterocycles. The molecule has 2 N–H and O–H groups in total. The summed E-state index contributed by atoms with van der Waals surface area (Å²) in [6.45, 7) is 13.1. The van der Waals surface area contributed by atoms with Gasteiger partial charge in [0.2, 0.25) is 11.8 Å². The second-order valence-corrected chi connectivity index (χ2v) is 10.4. The average molecular weight is 516 g/mol. The van der Waals surface area contributed by atoms with Crippen LogP contribution in [-0.2, 0) is 30.3 Å². The van der Waals surface area contributed by atoms with E-state index < -0.39 is 47.6 Å². The van der Waals surface area contributed by atoms with Crippen molar-refractivity contribution in [2.45, 2.75) is 84.0 Å². The summed E-state index contributed by atoms with van der Waals surface area (Å²) in [5, 5.41) is 5.62. The summed E-state index contributed by atoms with van der Waals surface area (Å²) in [4.78, 5) is 53.5. The van der Waals surface area contributed by atoms with Gasteiger partial charge in [-0.3, -0.25) is 14.5 Å². The van der Waals surface area contributed by atoms with Crippen molar-refractivity contribution in [2.24, 2.45) is 5.92 Å². The lowest BCUT2D eigenvalue weighted by atomic mass is 9.96. The van der Waals surface area contributed by atoms with Gasteiger partial charge in [-0.25, -0.2) is 9.59 Å². The first-order valence-corrected chi connectivity index (χ1v) is 12.9. The van der Waals surface area contributed by atoms with Crippen LogP contribution < -0.4 is 10.6 Å². The van der Waals surface area contributed by atoms with E-state index in [9.17, 15) is 19.2 Å². The van der Waals surface area contributed by atoms with Gasteiger partial charge in [0, 0.05) is 13.0 Å². The molecule has 0 spiro atoms. The van der Waals surface area contributed by atoms with Crippen LogP contribution >= 0.6 is 0 Å². The number of likely N-dealkylation sites (tertiary alicyclic amines) is 1. The van der Waals surface area contributed by atoms with Crippen molar-refractivity contribution in [3.05, 3.63) is 48.6 Å². The van der Waals surface area contributed by atoms with Gasteiger partial charge < -0.3 is 20.1 Å². The van der Waals surface area contributed by atoms with Gasteiger partial charge in [0.25, 0.3) is 0 Å². The summed E-state index contributed by atoms with van der Waals surface area (Å²) in [6.07, 6.45) is 2.89. The molecule has 1 heterocycles. The summed E-state index contributed by atoms with van der Waals surface area (Å²) >= 11 is 0. The Bertz CT molecular complexity index is 943. The highest BCUT2D eigenvalue weighted by Gasteiger charge is 2.39. The molecule has 9 nitrogen and oxygen atoms in total. The van der Waals surface area contributed by atoms with Crippen LogP contribution in [-0.4, -0.2) is 65.7 Å². The number of hydrogen-bond donors (Lipinski definition) is 2. The summed E-state index contributed by atoms with van der Waals surface area (Å²) in [5.74, 6) is -1.71. The number of hydrogen-bond acceptors (Lipinski definition) is 6. The largest absolute Gasteiger partial charge is 0.460 e. The molecule has 4 atom stereocenters. The number of carbonyl (C=O) groups is 4. The molecule has 0 saturated carbocycles. The average Bonchev–Trinajstić information content (AvgIpc) is 3.35. The maximum Gasteiger partial charge on any atom is 0.410 e. The molecule has 1 aromatic carbocycles. The lowest BCUT2D eigenvalue weighted by Crippen LogP contribution is -2.57. The number of esters is 1. The fourth-order valence-corrected chi connectivity index (χ4v) is 4.08. The van der Waals surface area contributed by atoms with Crippen LogP contribution in [0.1, 0.15) is 59.4 Å². The number of nitrogens with one attached hydrogen (secondary N) is 2. The summed E-state index contributed by atoms with van der Waals surface area (Å²) < 4.78 is 10.7. The Morgan fingerprint density at radius 2 is 1.84 bits per heavy atom. The standard InChI is InChI=1S/C28H41N3O6/c1-7-17-36-26(34)21(18-20-13-10-9-11-14-20)29-25(33)23(19(3)8-2)30-24(32)22-15-12-16-31(22)27(35)37-28(4,5)6/h7,9-11,13-14,19,21-23H,1,8,12,15-18H2,2-6H3,(H,29,33)(H,30,32)/t19-,21-,22-,23-/m0/s1. The minimum Gasteiger partial charge on any atom is -0.460 e. The Morgan fingerprint density at radius 1 is 1.16 bits per heavy atom. The molecule has 1 aromatic rings. The van der Waals surface area contributed by atoms with Gasteiger partial charge in [-0.05, 0) is 45.1 Å². The molecule has 37 heavy (non-hydrogen) atoms. The SMILES string of the molecule is C=CCOC(=O)[C@H](Cc1ccccc1)NC(=O)[C@@H](NC(=O)[C@@H]1CCCN1C(=O)OC(C)(C)C)[C@@H](C)CC. The monoisotopic (exact) mass is 515 g/mol. The lowest BCUT2D eigenvalue weighted by Gasteiger charge is -2.30. The number of amides is 3. The molecule has 0 bridgehead atoms. The molecule has 0 unspecified atom stereocenters. The zero-order chi connectivity index (χ0) is 27.6. The molecule has 1 fully saturated rings. The van der Waals surface area contributed by atoms with Crippen LogP contribution in [0.4, 0.5) is 4.79 Å². The number of carbonyl (C=O) groups excluding carboxylic acids is 4. The Balaban J connectivity index is 2.17. The first-order valence-electron chi connectivity index (χ1n) is 12.9. The highest BCUT2D eigenvalue weighted by Crippen LogP contribution is 2.22. The van der Waals surface area contributed by atoms with Gasteiger partial charge in [0.05, 0.1) is 0 Å².